The lowest BCUT2D eigenvalue weighted by atomic mass is 10.2. The predicted octanol–water partition coefficient (Wildman–Crippen LogP) is 4.07. The molecule has 0 heterocycles. The van der Waals surface area contributed by atoms with Crippen LogP contribution in [0, 0.1) is 11.3 Å². The molecule has 0 fully saturated rings. The summed E-state index contributed by atoms with van der Waals surface area (Å²) in [5.41, 5.74) is 0.533. The maximum Gasteiger partial charge on any atom is 0.162 e. The molecule has 0 amide bonds. The minimum atomic E-state index is 0.360. The lowest BCUT2D eigenvalue weighted by molar-refractivity contribution is 0.208. The summed E-state index contributed by atoms with van der Waals surface area (Å²) in [6.07, 6.45) is 0. The fourth-order valence-corrected chi connectivity index (χ4v) is 2.01. The Morgan fingerprint density at radius 1 is 1.00 bits per heavy atom. The zero-order valence-corrected chi connectivity index (χ0v) is 13.0. The van der Waals surface area contributed by atoms with Gasteiger partial charge in [-0.05, 0) is 37.3 Å². The van der Waals surface area contributed by atoms with Gasteiger partial charge in [0.15, 0.2) is 11.5 Å². The van der Waals surface area contributed by atoms with E-state index in [0.29, 0.717) is 47.7 Å². The number of hydrogen-bond donors (Lipinski definition) is 0. The minimum absolute atomic E-state index is 0.360. The summed E-state index contributed by atoms with van der Waals surface area (Å²) in [4.78, 5) is 0. The first-order valence-corrected chi connectivity index (χ1v) is 7.29. The van der Waals surface area contributed by atoms with E-state index in [4.69, 9.17) is 31.1 Å². The summed E-state index contributed by atoms with van der Waals surface area (Å²) in [7, 11) is 0. The summed E-state index contributed by atoms with van der Waals surface area (Å²) < 4.78 is 16.7. The Bertz CT molecular complexity index is 667. The fourth-order valence-electron chi connectivity index (χ4n) is 1.83. The van der Waals surface area contributed by atoms with Crippen molar-refractivity contribution in [3.63, 3.8) is 0 Å². The predicted molar refractivity (Wildman–Crippen MR) is 84.8 cm³/mol. The molecular weight excluding hydrogens is 302 g/mol. The molecule has 5 heteroatoms. The van der Waals surface area contributed by atoms with Crippen molar-refractivity contribution in [2.24, 2.45) is 0 Å². The van der Waals surface area contributed by atoms with Gasteiger partial charge in [-0.2, -0.15) is 5.26 Å². The highest BCUT2D eigenvalue weighted by atomic mass is 35.5. The van der Waals surface area contributed by atoms with E-state index in [-0.39, 0.29) is 0 Å². The molecule has 0 unspecified atom stereocenters. The summed E-state index contributed by atoms with van der Waals surface area (Å²) in [6, 6.07) is 14.3. The van der Waals surface area contributed by atoms with Gasteiger partial charge in [0.05, 0.1) is 18.2 Å². The van der Waals surface area contributed by atoms with E-state index >= 15 is 0 Å². The van der Waals surface area contributed by atoms with E-state index in [1.165, 1.54) is 0 Å². The Morgan fingerprint density at radius 3 is 2.55 bits per heavy atom. The Hall–Kier alpha value is -2.38. The molecule has 0 aromatic heterocycles. The molecule has 2 rings (SSSR count). The Kier molecular flexibility index (Phi) is 5.93. The molecule has 2 aromatic carbocycles. The maximum atomic E-state index is 8.91. The maximum absolute atomic E-state index is 8.91. The van der Waals surface area contributed by atoms with Crippen LogP contribution < -0.4 is 14.2 Å². The van der Waals surface area contributed by atoms with Gasteiger partial charge in [0, 0.05) is 11.1 Å². The van der Waals surface area contributed by atoms with Crippen LogP contribution in [0.5, 0.6) is 17.2 Å². The topological polar surface area (TPSA) is 51.5 Å². The average Bonchev–Trinajstić information content (AvgIpc) is 2.53. The van der Waals surface area contributed by atoms with Crippen molar-refractivity contribution >= 4 is 11.6 Å². The van der Waals surface area contributed by atoms with Crippen molar-refractivity contribution in [3.8, 4) is 23.3 Å². The third kappa shape index (κ3) is 4.57. The molecule has 114 valence electrons. The van der Waals surface area contributed by atoms with Crippen LogP contribution in [0.2, 0.25) is 5.02 Å². The van der Waals surface area contributed by atoms with Gasteiger partial charge < -0.3 is 14.2 Å². The Labute approximate surface area is 134 Å². The van der Waals surface area contributed by atoms with Crippen LogP contribution in [-0.2, 0) is 0 Å². The van der Waals surface area contributed by atoms with Gasteiger partial charge in [-0.25, -0.2) is 0 Å². The van der Waals surface area contributed by atoms with E-state index in [1.807, 2.05) is 19.1 Å². The first-order valence-electron chi connectivity index (χ1n) is 6.91. The molecular formula is C17H16ClNO3. The molecule has 0 aliphatic rings. The highest BCUT2D eigenvalue weighted by Gasteiger charge is 2.06. The summed E-state index contributed by atoms with van der Waals surface area (Å²) in [5.74, 6) is 1.85. The number of nitrogens with zero attached hydrogens (tertiary/aromatic N) is 1. The molecule has 0 aliphatic carbocycles. The van der Waals surface area contributed by atoms with E-state index in [0.717, 1.165) is 0 Å². The zero-order valence-electron chi connectivity index (χ0n) is 12.2. The number of nitriles is 1. The van der Waals surface area contributed by atoms with E-state index < -0.39 is 0 Å². The third-order valence-electron chi connectivity index (χ3n) is 2.78. The highest BCUT2D eigenvalue weighted by molar-refractivity contribution is 6.30. The quantitative estimate of drug-likeness (QED) is 0.722. The molecule has 0 saturated carbocycles. The van der Waals surface area contributed by atoms with Gasteiger partial charge >= 0.3 is 0 Å². The number of ether oxygens (including phenoxy) is 3. The zero-order chi connectivity index (χ0) is 15.8. The smallest absolute Gasteiger partial charge is 0.162 e. The van der Waals surface area contributed by atoms with Gasteiger partial charge in [-0.15, -0.1) is 0 Å². The lowest BCUT2D eigenvalue weighted by Crippen LogP contribution is -2.10. The van der Waals surface area contributed by atoms with Crippen LogP contribution in [0.3, 0.4) is 0 Å². The molecule has 4 nitrogen and oxygen atoms in total. The molecule has 0 N–H and O–H groups in total. The fraction of sp³-hybridized carbons (Fsp3) is 0.235. The molecule has 0 aliphatic heterocycles. The van der Waals surface area contributed by atoms with Crippen LogP contribution >= 0.6 is 11.6 Å². The highest BCUT2D eigenvalue weighted by Crippen LogP contribution is 2.28. The number of rotatable bonds is 7. The summed E-state index contributed by atoms with van der Waals surface area (Å²) >= 11 is 5.88. The lowest BCUT2D eigenvalue weighted by Gasteiger charge is -2.12. The molecule has 22 heavy (non-hydrogen) atoms. The Balaban J connectivity index is 1.90. The van der Waals surface area contributed by atoms with Gasteiger partial charge in [0.2, 0.25) is 0 Å². The Morgan fingerprint density at radius 2 is 1.82 bits per heavy atom. The van der Waals surface area contributed by atoms with Gasteiger partial charge in [0.25, 0.3) is 0 Å². The van der Waals surface area contributed by atoms with Crippen molar-refractivity contribution in [2.75, 3.05) is 19.8 Å². The molecule has 0 spiro atoms. The first kappa shape index (κ1) is 16.0. The number of benzene rings is 2. The largest absolute Gasteiger partial charge is 0.490 e. The molecule has 0 bridgehead atoms. The molecule has 0 atom stereocenters. The van der Waals surface area contributed by atoms with Gasteiger partial charge in [-0.3, -0.25) is 0 Å². The van der Waals surface area contributed by atoms with Crippen molar-refractivity contribution < 1.29 is 14.2 Å². The van der Waals surface area contributed by atoms with Crippen molar-refractivity contribution in [2.45, 2.75) is 6.92 Å². The standard InChI is InChI=1S/C17H16ClNO3/c1-2-20-17-10-13(12-19)6-7-16(17)22-9-8-21-15-5-3-4-14(18)11-15/h3-7,10-11H,2,8-9H2,1H3. The van der Waals surface area contributed by atoms with Gasteiger partial charge in [0.1, 0.15) is 19.0 Å². The average molecular weight is 318 g/mol. The second-order valence-corrected chi connectivity index (χ2v) is 4.80. The van der Waals surface area contributed by atoms with Crippen molar-refractivity contribution in [1.82, 2.24) is 0 Å². The molecule has 2 aromatic rings. The first-order chi connectivity index (χ1) is 10.7. The van der Waals surface area contributed by atoms with Crippen molar-refractivity contribution in [3.05, 3.63) is 53.1 Å². The van der Waals surface area contributed by atoms with E-state index in [2.05, 4.69) is 6.07 Å². The molecule has 0 radical (unpaired) electrons. The summed E-state index contributed by atoms with van der Waals surface area (Å²) in [5, 5.41) is 9.54. The number of hydrogen-bond acceptors (Lipinski definition) is 4. The third-order valence-corrected chi connectivity index (χ3v) is 3.01. The van der Waals surface area contributed by atoms with Crippen LogP contribution in [0.15, 0.2) is 42.5 Å². The minimum Gasteiger partial charge on any atom is -0.490 e. The van der Waals surface area contributed by atoms with Gasteiger partial charge in [-0.1, -0.05) is 17.7 Å². The van der Waals surface area contributed by atoms with E-state index in [1.54, 1.807) is 30.3 Å². The van der Waals surface area contributed by atoms with Crippen LogP contribution in [0.4, 0.5) is 0 Å². The monoisotopic (exact) mass is 317 g/mol. The van der Waals surface area contributed by atoms with Crippen LogP contribution in [-0.4, -0.2) is 19.8 Å². The normalized spacial score (nSPS) is 9.86. The van der Waals surface area contributed by atoms with Crippen LogP contribution in [0.1, 0.15) is 12.5 Å². The van der Waals surface area contributed by atoms with E-state index in [9.17, 15) is 0 Å². The SMILES string of the molecule is CCOc1cc(C#N)ccc1OCCOc1cccc(Cl)c1. The second-order valence-electron chi connectivity index (χ2n) is 4.36. The number of halogens is 1. The molecule has 0 saturated heterocycles. The summed E-state index contributed by atoms with van der Waals surface area (Å²) in [6.45, 7) is 3.12. The second kappa shape index (κ2) is 8.16. The van der Waals surface area contributed by atoms with Crippen LogP contribution in [0.25, 0.3) is 0 Å². The van der Waals surface area contributed by atoms with Crippen molar-refractivity contribution in [1.29, 1.82) is 5.26 Å².